The average molecular weight is 321 g/mol. The highest BCUT2D eigenvalue weighted by Crippen LogP contribution is 2.21. The zero-order chi connectivity index (χ0) is 16.3. The first-order valence-electron chi connectivity index (χ1n) is 7.37. The SMILES string of the molecule is Cc1cc(C)c(S(=O)(=O)NCCCn2ccc(C)n2)c(C)c1. The fraction of sp³-hybridized carbons (Fsp3) is 0.438. The topological polar surface area (TPSA) is 64.0 Å². The van der Waals surface area contributed by atoms with E-state index in [9.17, 15) is 8.42 Å². The molecule has 6 heteroatoms. The summed E-state index contributed by atoms with van der Waals surface area (Å²) in [5.41, 5.74) is 3.61. The minimum Gasteiger partial charge on any atom is -0.272 e. The van der Waals surface area contributed by atoms with Crippen molar-refractivity contribution in [3.05, 3.63) is 46.8 Å². The number of nitrogens with zero attached hydrogens (tertiary/aromatic N) is 2. The fourth-order valence-corrected chi connectivity index (χ4v) is 4.22. The van der Waals surface area contributed by atoms with E-state index >= 15 is 0 Å². The van der Waals surface area contributed by atoms with Crippen molar-refractivity contribution >= 4 is 10.0 Å². The largest absolute Gasteiger partial charge is 0.272 e. The van der Waals surface area contributed by atoms with Crippen molar-refractivity contribution in [2.45, 2.75) is 45.6 Å². The van der Waals surface area contributed by atoms with Gasteiger partial charge in [0.05, 0.1) is 10.6 Å². The predicted molar refractivity (Wildman–Crippen MR) is 87.4 cm³/mol. The molecule has 1 N–H and O–H groups in total. The number of hydrogen-bond donors (Lipinski definition) is 1. The molecule has 0 fully saturated rings. The monoisotopic (exact) mass is 321 g/mol. The molecule has 0 radical (unpaired) electrons. The molecule has 0 atom stereocenters. The van der Waals surface area contributed by atoms with Gasteiger partial charge in [-0.1, -0.05) is 17.7 Å². The Bertz CT molecular complexity index is 740. The molecule has 0 amide bonds. The van der Waals surface area contributed by atoms with E-state index in [1.54, 1.807) is 0 Å². The van der Waals surface area contributed by atoms with E-state index in [1.165, 1.54) is 0 Å². The lowest BCUT2D eigenvalue weighted by Crippen LogP contribution is -2.27. The molecule has 0 aliphatic heterocycles. The number of hydrogen-bond acceptors (Lipinski definition) is 3. The van der Waals surface area contributed by atoms with Crippen molar-refractivity contribution in [2.24, 2.45) is 0 Å². The standard InChI is InChI=1S/C16H23N3O2S/c1-12-10-13(2)16(14(3)11-12)22(20,21)17-7-5-8-19-9-6-15(4)18-19/h6,9-11,17H,5,7-8H2,1-4H3. The molecule has 5 nitrogen and oxygen atoms in total. The van der Waals surface area contributed by atoms with Crippen LogP contribution in [0, 0.1) is 27.7 Å². The summed E-state index contributed by atoms with van der Waals surface area (Å²) >= 11 is 0. The Balaban J connectivity index is 2.00. The lowest BCUT2D eigenvalue weighted by Gasteiger charge is -2.13. The molecule has 0 aliphatic rings. The molecular formula is C16H23N3O2S. The average Bonchev–Trinajstić information content (AvgIpc) is 2.79. The number of aryl methyl sites for hydroxylation is 5. The minimum atomic E-state index is -3.47. The zero-order valence-corrected chi connectivity index (χ0v) is 14.4. The molecule has 120 valence electrons. The highest BCUT2D eigenvalue weighted by molar-refractivity contribution is 7.89. The summed E-state index contributed by atoms with van der Waals surface area (Å²) in [6, 6.07) is 5.73. The Hall–Kier alpha value is -1.66. The minimum absolute atomic E-state index is 0.396. The Morgan fingerprint density at radius 3 is 2.32 bits per heavy atom. The summed E-state index contributed by atoms with van der Waals surface area (Å²) in [4.78, 5) is 0.396. The number of aromatic nitrogens is 2. The molecule has 0 saturated heterocycles. The Morgan fingerprint density at radius 2 is 1.77 bits per heavy atom. The van der Waals surface area contributed by atoms with Crippen molar-refractivity contribution in [1.29, 1.82) is 0 Å². The molecule has 0 bridgehead atoms. The highest BCUT2D eigenvalue weighted by atomic mass is 32.2. The second-order valence-corrected chi connectivity index (χ2v) is 7.40. The summed E-state index contributed by atoms with van der Waals surface area (Å²) in [6.45, 7) is 8.66. The van der Waals surface area contributed by atoms with E-state index < -0.39 is 10.0 Å². The van der Waals surface area contributed by atoms with Gasteiger partial charge >= 0.3 is 0 Å². The Labute approximate surface area is 132 Å². The first-order chi connectivity index (χ1) is 10.3. The summed E-state index contributed by atoms with van der Waals surface area (Å²) in [5, 5.41) is 4.28. The van der Waals surface area contributed by atoms with Crippen LogP contribution in [0.25, 0.3) is 0 Å². The fourth-order valence-electron chi connectivity index (χ4n) is 2.70. The third-order valence-electron chi connectivity index (χ3n) is 3.50. The maximum Gasteiger partial charge on any atom is 0.241 e. The number of nitrogens with one attached hydrogen (secondary N) is 1. The quantitative estimate of drug-likeness (QED) is 0.831. The first kappa shape index (κ1) is 16.7. The summed E-state index contributed by atoms with van der Waals surface area (Å²) in [6.07, 6.45) is 2.60. The maximum atomic E-state index is 12.5. The molecule has 1 heterocycles. The van der Waals surface area contributed by atoms with E-state index in [0.29, 0.717) is 24.4 Å². The van der Waals surface area contributed by atoms with Crippen LogP contribution in [0.3, 0.4) is 0 Å². The van der Waals surface area contributed by atoms with Crippen LogP contribution in [-0.4, -0.2) is 24.7 Å². The van der Waals surface area contributed by atoms with Crippen molar-refractivity contribution in [1.82, 2.24) is 14.5 Å². The van der Waals surface area contributed by atoms with Gasteiger partial charge in [0.1, 0.15) is 0 Å². The van der Waals surface area contributed by atoms with Crippen LogP contribution in [0.5, 0.6) is 0 Å². The van der Waals surface area contributed by atoms with Gasteiger partial charge in [0.2, 0.25) is 10.0 Å². The molecule has 1 aromatic carbocycles. The maximum absolute atomic E-state index is 12.5. The van der Waals surface area contributed by atoms with Crippen molar-refractivity contribution in [3.63, 3.8) is 0 Å². The summed E-state index contributed by atoms with van der Waals surface area (Å²) in [5.74, 6) is 0. The van der Waals surface area contributed by atoms with E-state index in [2.05, 4.69) is 9.82 Å². The Morgan fingerprint density at radius 1 is 1.14 bits per heavy atom. The summed E-state index contributed by atoms with van der Waals surface area (Å²) in [7, 11) is -3.47. The van der Waals surface area contributed by atoms with Crippen LogP contribution in [-0.2, 0) is 16.6 Å². The summed E-state index contributed by atoms with van der Waals surface area (Å²) < 4.78 is 29.4. The smallest absolute Gasteiger partial charge is 0.241 e. The van der Waals surface area contributed by atoms with Crippen molar-refractivity contribution in [3.8, 4) is 0 Å². The predicted octanol–water partition coefficient (Wildman–Crippen LogP) is 2.49. The van der Waals surface area contributed by atoms with Crippen LogP contribution in [0.2, 0.25) is 0 Å². The lowest BCUT2D eigenvalue weighted by atomic mass is 10.1. The molecule has 2 rings (SSSR count). The van der Waals surface area contributed by atoms with E-state index in [4.69, 9.17) is 0 Å². The van der Waals surface area contributed by atoms with Crippen LogP contribution < -0.4 is 4.72 Å². The van der Waals surface area contributed by atoms with Crippen LogP contribution in [0.15, 0.2) is 29.3 Å². The van der Waals surface area contributed by atoms with Gasteiger partial charge in [-0.25, -0.2) is 13.1 Å². The van der Waals surface area contributed by atoms with Gasteiger partial charge in [0.15, 0.2) is 0 Å². The third-order valence-corrected chi connectivity index (χ3v) is 5.27. The highest BCUT2D eigenvalue weighted by Gasteiger charge is 2.19. The van der Waals surface area contributed by atoms with Gasteiger partial charge in [-0.2, -0.15) is 5.10 Å². The zero-order valence-electron chi connectivity index (χ0n) is 13.5. The van der Waals surface area contributed by atoms with E-state index in [0.717, 1.165) is 22.4 Å². The van der Waals surface area contributed by atoms with Crippen LogP contribution in [0.4, 0.5) is 0 Å². The molecule has 0 unspecified atom stereocenters. The van der Waals surface area contributed by atoms with Gasteiger partial charge in [-0.3, -0.25) is 4.68 Å². The first-order valence-corrected chi connectivity index (χ1v) is 8.85. The molecule has 22 heavy (non-hydrogen) atoms. The van der Waals surface area contributed by atoms with Crippen LogP contribution in [0.1, 0.15) is 28.8 Å². The Kier molecular flexibility index (Phi) is 5.03. The molecule has 0 spiro atoms. The van der Waals surface area contributed by atoms with Gasteiger partial charge in [0, 0.05) is 19.3 Å². The third kappa shape index (κ3) is 3.96. The normalized spacial score (nSPS) is 11.8. The molecule has 0 saturated carbocycles. The number of rotatable bonds is 6. The molecule has 0 aliphatic carbocycles. The second-order valence-electron chi connectivity index (χ2n) is 5.70. The van der Waals surface area contributed by atoms with Gasteiger partial charge in [-0.15, -0.1) is 0 Å². The number of sulfonamides is 1. The molecule has 2 aromatic rings. The van der Waals surface area contributed by atoms with Gasteiger partial charge in [0.25, 0.3) is 0 Å². The van der Waals surface area contributed by atoms with Gasteiger partial charge < -0.3 is 0 Å². The van der Waals surface area contributed by atoms with E-state index in [1.807, 2.05) is 56.8 Å². The van der Waals surface area contributed by atoms with Gasteiger partial charge in [-0.05, 0) is 51.3 Å². The second kappa shape index (κ2) is 6.62. The van der Waals surface area contributed by atoms with Crippen LogP contribution >= 0.6 is 0 Å². The number of benzene rings is 1. The molecule has 1 aromatic heterocycles. The lowest BCUT2D eigenvalue weighted by molar-refractivity contribution is 0.550. The van der Waals surface area contributed by atoms with Crippen molar-refractivity contribution < 1.29 is 8.42 Å². The molecular weight excluding hydrogens is 298 g/mol. The van der Waals surface area contributed by atoms with Crippen molar-refractivity contribution in [2.75, 3.05) is 6.54 Å². The van der Waals surface area contributed by atoms with E-state index in [-0.39, 0.29) is 0 Å².